The van der Waals surface area contributed by atoms with Crippen molar-refractivity contribution in [2.75, 3.05) is 18.8 Å². The highest BCUT2D eigenvalue weighted by Gasteiger charge is 2.31. The fraction of sp³-hybridized carbons (Fsp3) is 0.647. The van der Waals surface area contributed by atoms with E-state index in [4.69, 9.17) is 5.73 Å². The predicted octanol–water partition coefficient (Wildman–Crippen LogP) is 3.98. The summed E-state index contributed by atoms with van der Waals surface area (Å²) in [4.78, 5) is 2.59. The minimum absolute atomic E-state index is 0.612. The first-order chi connectivity index (χ1) is 9.10. The zero-order chi connectivity index (χ0) is 13.9. The van der Waals surface area contributed by atoms with E-state index in [9.17, 15) is 0 Å². The molecule has 1 aliphatic heterocycles. The maximum Gasteiger partial charge on any atom is 0.0346 e. The van der Waals surface area contributed by atoms with Gasteiger partial charge < -0.3 is 5.73 Å². The Morgan fingerprint density at radius 2 is 1.79 bits per heavy atom. The molecule has 1 heterocycles. The van der Waals surface area contributed by atoms with Gasteiger partial charge in [-0.15, -0.1) is 0 Å². The number of nitrogens with zero attached hydrogens (tertiary/aromatic N) is 1. The molecule has 0 amide bonds. The second kappa shape index (κ2) is 5.96. The van der Waals surface area contributed by atoms with Gasteiger partial charge in [0.1, 0.15) is 0 Å². The summed E-state index contributed by atoms with van der Waals surface area (Å²) in [5, 5.41) is 0. The van der Waals surface area contributed by atoms with Crippen LogP contribution in [0, 0.1) is 12.3 Å². The number of piperidine rings is 1. The first-order valence-corrected chi connectivity index (χ1v) is 7.66. The van der Waals surface area contributed by atoms with Crippen molar-refractivity contribution in [1.29, 1.82) is 0 Å². The highest BCUT2D eigenvalue weighted by Crippen LogP contribution is 2.38. The fourth-order valence-corrected chi connectivity index (χ4v) is 3.26. The Balaban J connectivity index is 1.98. The van der Waals surface area contributed by atoms with E-state index in [1.54, 1.807) is 0 Å². The predicted molar refractivity (Wildman–Crippen MR) is 83.1 cm³/mol. The lowest BCUT2D eigenvalue weighted by Crippen LogP contribution is -2.39. The maximum atomic E-state index is 5.99. The van der Waals surface area contributed by atoms with Crippen molar-refractivity contribution < 1.29 is 0 Å². The van der Waals surface area contributed by atoms with E-state index in [-0.39, 0.29) is 0 Å². The highest BCUT2D eigenvalue weighted by atomic mass is 15.1. The summed E-state index contributed by atoms with van der Waals surface area (Å²) in [7, 11) is 0. The molecule has 0 saturated carbocycles. The number of nitrogens with two attached hydrogens (primary N) is 1. The molecule has 0 aliphatic carbocycles. The van der Waals surface area contributed by atoms with Gasteiger partial charge in [-0.3, -0.25) is 4.90 Å². The van der Waals surface area contributed by atoms with Gasteiger partial charge in [0.25, 0.3) is 0 Å². The van der Waals surface area contributed by atoms with Gasteiger partial charge in [-0.2, -0.15) is 0 Å². The van der Waals surface area contributed by atoms with Crippen molar-refractivity contribution >= 4 is 5.69 Å². The molecule has 1 aromatic rings. The molecule has 0 spiro atoms. The Bertz CT molecular complexity index is 411. The Morgan fingerprint density at radius 3 is 2.37 bits per heavy atom. The summed E-state index contributed by atoms with van der Waals surface area (Å²) in [6.45, 7) is 10.4. The van der Waals surface area contributed by atoms with Gasteiger partial charge in [-0.25, -0.2) is 0 Å². The van der Waals surface area contributed by atoms with Gasteiger partial charge in [0.15, 0.2) is 0 Å². The highest BCUT2D eigenvalue weighted by molar-refractivity contribution is 5.49. The Morgan fingerprint density at radius 1 is 1.16 bits per heavy atom. The molecular weight excluding hydrogens is 232 g/mol. The first-order valence-electron chi connectivity index (χ1n) is 7.66. The third-order valence-corrected chi connectivity index (χ3v) is 5.30. The number of hydrogen-bond acceptors (Lipinski definition) is 2. The smallest absolute Gasteiger partial charge is 0.0346 e. The van der Waals surface area contributed by atoms with Crippen LogP contribution in [0.4, 0.5) is 5.69 Å². The first kappa shape index (κ1) is 14.4. The van der Waals surface area contributed by atoms with Gasteiger partial charge in [0.05, 0.1) is 0 Å². The molecule has 2 nitrogen and oxygen atoms in total. The molecule has 1 aromatic carbocycles. The standard InChI is InChI=1S/C17H28N2/c1-4-17(5-2)9-11-19(12-10-17)13-15-7-6-8-16(18)14(15)3/h6-8H,4-5,9-13,18H2,1-3H3. The molecule has 106 valence electrons. The van der Waals surface area contributed by atoms with Crippen LogP contribution in [0.5, 0.6) is 0 Å². The van der Waals surface area contributed by atoms with Crippen molar-refractivity contribution in [3.8, 4) is 0 Å². The molecule has 0 radical (unpaired) electrons. The summed E-state index contributed by atoms with van der Waals surface area (Å²) in [6.07, 6.45) is 5.35. The van der Waals surface area contributed by atoms with E-state index in [1.165, 1.54) is 49.9 Å². The molecule has 1 saturated heterocycles. The van der Waals surface area contributed by atoms with E-state index in [0.717, 1.165) is 12.2 Å². The summed E-state index contributed by atoms with van der Waals surface area (Å²) >= 11 is 0. The SMILES string of the molecule is CCC1(CC)CCN(Cc2cccc(N)c2C)CC1. The molecule has 0 bridgehead atoms. The van der Waals surface area contributed by atoms with Crippen molar-refractivity contribution in [2.24, 2.45) is 5.41 Å². The van der Waals surface area contributed by atoms with Crippen molar-refractivity contribution in [3.05, 3.63) is 29.3 Å². The topological polar surface area (TPSA) is 29.3 Å². The fourth-order valence-electron chi connectivity index (χ4n) is 3.26. The average molecular weight is 260 g/mol. The lowest BCUT2D eigenvalue weighted by Gasteiger charge is -2.41. The number of benzene rings is 1. The Labute approximate surface area is 118 Å². The van der Waals surface area contributed by atoms with Crippen LogP contribution < -0.4 is 5.73 Å². The van der Waals surface area contributed by atoms with Crippen LogP contribution in [0.1, 0.15) is 50.7 Å². The van der Waals surface area contributed by atoms with Crippen LogP contribution in [-0.2, 0) is 6.54 Å². The molecule has 0 atom stereocenters. The third-order valence-electron chi connectivity index (χ3n) is 5.30. The van der Waals surface area contributed by atoms with Crippen LogP contribution in [0.2, 0.25) is 0 Å². The largest absolute Gasteiger partial charge is 0.399 e. The molecule has 2 rings (SSSR count). The van der Waals surface area contributed by atoms with Crippen molar-refractivity contribution in [3.63, 3.8) is 0 Å². The van der Waals surface area contributed by atoms with Crippen molar-refractivity contribution in [1.82, 2.24) is 4.90 Å². The minimum atomic E-state index is 0.612. The van der Waals surface area contributed by atoms with Gasteiger partial charge in [0.2, 0.25) is 0 Å². The molecule has 2 N–H and O–H groups in total. The summed E-state index contributed by atoms with van der Waals surface area (Å²) in [6, 6.07) is 6.28. The van der Waals surface area contributed by atoms with Gasteiger partial charge >= 0.3 is 0 Å². The lowest BCUT2D eigenvalue weighted by atomic mass is 9.74. The van der Waals surface area contributed by atoms with E-state index >= 15 is 0 Å². The van der Waals surface area contributed by atoms with Crippen LogP contribution in [0.15, 0.2) is 18.2 Å². The number of nitrogen functional groups attached to an aromatic ring is 1. The van der Waals surface area contributed by atoms with E-state index in [0.29, 0.717) is 5.41 Å². The van der Waals surface area contributed by atoms with Crippen molar-refractivity contribution in [2.45, 2.75) is 53.0 Å². The quantitative estimate of drug-likeness (QED) is 0.830. The van der Waals surface area contributed by atoms with Gasteiger partial charge in [-0.1, -0.05) is 38.8 Å². The zero-order valence-electron chi connectivity index (χ0n) is 12.7. The van der Waals surface area contributed by atoms with E-state index < -0.39 is 0 Å². The Kier molecular flexibility index (Phi) is 4.51. The van der Waals surface area contributed by atoms with Crippen LogP contribution in [-0.4, -0.2) is 18.0 Å². The number of hydrogen-bond donors (Lipinski definition) is 1. The van der Waals surface area contributed by atoms with Gasteiger partial charge in [0, 0.05) is 12.2 Å². The maximum absolute atomic E-state index is 5.99. The third kappa shape index (κ3) is 3.11. The minimum Gasteiger partial charge on any atom is -0.399 e. The molecule has 2 heteroatoms. The summed E-state index contributed by atoms with van der Waals surface area (Å²) in [5.41, 5.74) is 10.2. The number of rotatable bonds is 4. The Hall–Kier alpha value is -1.02. The molecular formula is C17H28N2. The normalized spacial score (nSPS) is 19.5. The molecule has 1 fully saturated rings. The average Bonchev–Trinajstić information content (AvgIpc) is 2.45. The summed E-state index contributed by atoms with van der Waals surface area (Å²) in [5.74, 6) is 0. The summed E-state index contributed by atoms with van der Waals surface area (Å²) < 4.78 is 0. The molecule has 1 aliphatic rings. The van der Waals surface area contributed by atoms with Crippen LogP contribution in [0.25, 0.3) is 0 Å². The lowest BCUT2D eigenvalue weighted by molar-refractivity contribution is 0.0908. The monoisotopic (exact) mass is 260 g/mol. The van der Waals surface area contributed by atoms with E-state index in [1.807, 2.05) is 6.07 Å². The number of anilines is 1. The second-order valence-electron chi connectivity index (χ2n) is 6.11. The molecule has 0 aromatic heterocycles. The zero-order valence-corrected chi connectivity index (χ0v) is 12.7. The van der Waals surface area contributed by atoms with Crippen LogP contribution >= 0.6 is 0 Å². The van der Waals surface area contributed by atoms with Gasteiger partial charge in [-0.05, 0) is 55.5 Å². The molecule has 19 heavy (non-hydrogen) atoms. The van der Waals surface area contributed by atoms with E-state index in [2.05, 4.69) is 37.8 Å². The van der Waals surface area contributed by atoms with Crippen LogP contribution in [0.3, 0.4) is 0 Å². The molecule has 0 unspecified atom stereocenters. The second-order valence-corrected chi connectivity index (χ2v) is 6.11. The number of likely N-dealkylation sites (tertiary alicyclic amines) is 1.